The zero-order chi connectivity index (χ0) is 22.9. The van der Waals surface area contributed by atoms with Crippen molar-refractivity contribution in [1.29, 1.82) is 0 Å². The van der Waals surface area contributed by atoms with E-state index in [-0.39, 0.29) is 17.2 Å². The van der Waals surface area contributed by atoms with Crippen molar-refractivity contribution in [3.05, 3.63) is 70.5 Å². The van der Waals surface area contributed by atoms with Crippen molar-refractivity contribution in [3.8, 4) is 17.2 Å². The molecule has 4 rings (SSSR count). The van der Waals surface area contributed by atoms with E-state index in [1.54, 1.807) is 0 Å². The third-order valence-corrected chi connectivity index (χ3v) is 5.74. The number of hydrogen-bond donors (Lipinski definition) is 1. The number of fused-ring (bicyclic) bond motifs is 1. The van der Waals surface area contributed by atoms with Crippen LogP contribution < -0.4 is 14.8 Å². The zero-order valence-corrected chi connectivity index (χ0v) is 19.6. The van der Waals surface area contributed by atoms with Crippen LogP contribution in [0.1, 0.15) is 50.6 Å². The van der Waals surface area contributed by atoms with Gasteiger partial charge in [-0.3, -0.25) is 4.79 Å². The monoisotopic (exact) mass is 453 g/mol. The van der Waals surface area contributed by atoms with Gasteiger partial charge in [0.2, 0.25) is 5.91 Å². The molecule has 0 saturated carbocycles. The summed E-state index contributed by atoms with van der Waals surface area (Å²) in [6.07, 6.45) is 0. The average molecular weight is 454 g/mol. The van der Waals surface area contributed by atoms with E-state index in [9.17, 15) is 4.79 Å². The minimum atomic E-state index is -0.338. The number of hydrogen-bond acceptors (Lipinski definition) is 4. The fourth-order valence-corrected chi connectivity index (χ4v) is 3.74. The third-order valence-electron chi connectivity index (χ3n) is 5.51. The molecule has 32 heavy (non-hydrogen) atoms. The molecular formula is C25H28ClN3O3. The number of nitrogens with one attached hydrogen (secondary N) is 1. The van der Waals surface area contributed by atoms with Crippen LogP contribution in [0.5, 0.6) is 11.5 Å². The number of carbonyl (C=O) groups is 1. The SMILES string of the molecule is CC(C(=O)NCc1cc(C(C)(C)C)nn1-c1cccc(Cl)c1)c1ccc2c(c1)OCCO2. The van der Waals surface area contributed by atoms with Gasteiger partial charge in [-0.15, -0.1) is 0 Å². The molecule has 1 atom stereocenters. The summed E-state index contributed by atoms with van der Waals surface area (Å²) in [7, 11) is 0. The van der Waals surface area contributed by atoms with Gasteiger partial charge in [0.1, 0.15) is 13.2 Å². The van der Waals surface area contributed by atoms with E-state index in [0.717, 1.165) is 22.6 Å². The van der Waals surface area contributed by atoms with Crippen LogP contribution in [0.15, 0.2) is 48.5 Å². The summed E-state index contributed by atoms with van der Waals surface area (Å²) in [5.41, 5.74) is 3.45. The maximum absolute atomic E-state index is 13.0. The van der Waals surface area contributed by atoms with Gasteiger partial charge in [0.05, 0.1) is 29.5 Å². The number of ether oxygens (including phenoxy) is 2. The molecule has 3 aromatic rings. The standard InChI is InChI=1S/C25H28ClN3O3/c1-16(17-8-9-21-22(12-17)32-11-10-31-21)24(30)27-15-20-14-23(25(2,3)4)28-29(20)19-7-5-6-18(26)13-19/h5-9,12-14,16H,10-11,15H2,1-4H3,(H,27,30). The van der Waals surface area contributed by atoms with Crippen LogP contribution in [0, 0.1) is 0 Å². The maximum atomic E-state index is 13.0. The van der Waals surface area contributed by atoms with Crippen LogP contribution in [0.3, 0.4) is 0 Å². The molecule has 0 saturated heterocycles. The highest BCUT2D eigenvalue weighted by molar-refractivity contribution is 6.30. The molecule has 2 aromatic carbocycles. The highest BCUT2D eigenvalue weighted by Gasteiger charge is 2.23. The Morgan fingerprint density at radius 3 is 2.59 bits per heavy atom. The molecule has 0 aliphatic carbocycles. The van der Waals surface area contributed by atoms with E-state index in [1.807, 2.05) is 60.1 Å². The van der Waals surface area contributed by atoms with Gasteiger partial charge >= 0.3 is 0 Å². The molecule has 6 nitrogen and oxygen atoms in total. The lowest BCUT2D eigenvalue weighted by molar-refractivity contribution is -0.122. The summed E-state index contributed by atoms with van der Waals surface area (Å²) in [6.45, 7) is 9.64. The van der Waals surface area contributed by atoms with Crippen LogP contribution in [0.2, 0.25) is 5.02 Å². The number of halogens is 1. The van der Waals surface area contributed by atoms with Gasteiger partial charge in [-0.25, -0.2) is 4.68 Å². The molecule has 0 spiro atoms. The van der Waals surface area contributed by atoms with Crippen LogP contribution in [-0.2, 0) is 16.8 Å². The van der Waals surface area contributed by atoms with Gasteiger partial charge in [0.25, 0.3) is 0 Å². The van der Waals surface area contributed by atoms with E-state index in [4.69, 9.17) is 26.2 Å². The lowest BCUT2D eigenvalue weighted by atomic mass is 9.92. The van der Waals surface area contributed by atoms with E-state index in [0.29, 0.717) is 36.3 Å². The molecule has 1 N–H and O–H groups in total. The van der Waals surface area contributed by atoms with Crippen molar-refractivity contribution in [2.75, 3.05) is 13.2 Å². The molecular weight excluding hydrogens is 426 g/mol. The Hall–Kier alpha value is -2.99. The Balaban J connectivity index is 1.53. The number of rotatable bonds is 5. The first-order chi connectivity index (χ1) is 15.2. The first kappa shape index (κ1) is 22.2. The lowest BCUT2D eigenvalue weighted by Crippen LogP contribution is -2.28. The summed E-state index contributed by atoms with van der Waals surface area (Å²) < 4.78 is 13.1. The largest absolute Gasteiger partial charge is 0.486 e. The van der Waals surface area contributed by atoms with Gasteiger partial charge in [0.15, 0.2) is 11.5 Å². The van der Waals surface area contributed by atoms with Crippen molar-refractivity contribution < 1.29 is 14.3 Å². The van der Waals surface area contributed by atoms with Crippen molar-refractivity contribution in [3.63, 3.8) is 0 Å². The summed E-state index contributed by atoms with van der Waals surface area (Å²) in [5.74, 6) is 0.989. The highest BCUT2D eigenvalue weighted by atomic mass is 35.5. The Morgan fingerprint density at radius 2 is 1.88 bits per heavy atom. The summed E-state index contributed by atoms with van der Waals surface area (Å²) in [6, 6.07) is 15.2. The fraction of sp³-hybridized carbons (Fsp3) is 0.360. The number of benzene rings is 2. The summed E-state index contributed by atoms with van der Waals surface area (Å²) in [4.78, 5) is 13.0. The second kappa shape index (κ2) is 8.87. The predicted molar refractivity (Wildman–Crippen MR) is 125 cm³/mol. The summed E-state index contributed by atoms with van der Waals surface area (Å²) >= 11 is 6.20. The second-order valence-corrected chi connectivity index (χ2v) is 9.44. The van der Waals surface area contributed by atoms with E-state index >= 15 is 0 Å². The van der Waals surface area contributed by atoms with Gasteiger partial charge in [0, 0.05) is 10.4 Å². The normalized spacial score (nSPS) is 14.2. The first-order valence-electron chi connectivity index (χ1n) is 10.7. The lowest BCUT2D eigenvalue weighted by Gasteiger charge is -2.20. The van der Waals surface area contributed by atoms with E-state index < -0.39 is 0 Å². The molecule has 168 valence electrons. The van der Waals surface area contributed by atoms with Gasteiger partial charge in [-0.2, -0.15) is 5.10 Å². The zero-order valence-electron chi connectivity index (χ0n) is 18.8. The van der Waals surface area contributed by atoms with Gasteiger partial charge < -0.3 is 14.8 Å². The average Bonchev–Trinajstić information content (AvgIpc) is 3.21. The maximum Gasteiger partial charge on any atom is 0.227 e. The molecule has 1 aromatic heterocycles. The smallest absolute Gasteiger partial charge is 0.227 e. The third kappa shape index (κ3) is 4.75. The molecule has 1 unspecified atom stereocenters. The number of aromatic nitrogens is 2. The van der Waals surface area contributed by atoms with Crippen molar-refractivity contribution >= 4 is 17.5 Å². The molecule has 1 aliphatic heterocycles. The second-order valence-electron chi connectivity index (χ2n) is 9.01. The molecule has 0 fully saturated rings. The highest BCUT2D eigenvalue weighted by Crippen LogP contribution is 2.33. The Kier molecular flexibility index (Phi) is 6.15. The van der Waals surface area contributed by atoms with Crippen LogP contribution in [-0.4, -0.2) is 28.9 Å². The minimum Gasteiger partial charge on any atom is -0.486 e. The first-order valence-corrected chi connectivity index (χ1v) is 11.1. The molecule has 0 bridgehead atoms. The van der Waals surface area contributed by atoms with Crippen molar-refractivity contribution in [1.82, 2.24) is 15.1 Å². The molecule has 1 aliphatic rings. The van der Waals surface area contributed by atoms with Crippen LogP contribution >= 0.6 is 11.6 Å². The Labute approximate surface area is 193 Å². The van der Waals surface area contributed by atoms with Gasteiger partial charge in [-0.1, -0.05) is 44.5 Å². The number of amides is 1. The Bertz CT molecular complexity index is 1130. The van der Waals surface area contributed by atoms with E-state index in [2.05, 4.69) is 26.1 Å². The van der Waals surface area contributed by atoms with E-state index in [1.165, 1.54) is 0 Å². The van der Waals surface area contributed by atoms with Gasteiger partial charge in [-0.05, 0) is 48.9 Å². The molecule has 2 heterocycles. The number of carbonyl (C=O) groups excluding carboxylic acids is 1. The molecule has 0 radical (unpaired) electrons. The topological polar surface area (TPSA) is 65.4 Å². The molecule has 1 amide bonds. The van der Waals surface area contributed by atoms with Crippen LogP contribution in [0.25, 0.3) is 5.69 Å². The quantitative estimate of drug-likeness (QED) is 0.589. The predicted octanol–water partition coefficient (Wildman–Crippen LogP) is 5.01. The minimum absolute atomic E-state index is 0.0715. The molecule has 7 heteroatoms. The fourth-order valence-electron chi connectivity index (χ4n) is 3.56. The number of nitrogens with zero attached hydrogens (tertiary/aromatic N) is 2. The van der Waals surface area contributed by atoms with Crippen LogP contribution in [0.4, 0.5) is 0 Å². The Morgan fingerprint density at radius 1 is 1.12 bits per heavy atom. The van der Waals surface area contributed by atoms with Crippen molar-refractivity contribution in [2.45, 2.75) is 45.6 Å². The summed E-state index contributed by atoms with van der Waals surface area (Å²) in [5, 5.41) is 8.50. The van der Waals surface area contributed by atoms with Crippen molar-refractivity contribution in [2.24, 2.45) is 0 Å².